The summed E-state index contributed by atoms with van der Waals surface area (Å²) < 4.78 is 5.26. The molecule has 3 rings (SSSR count). The molecule has 0 saturated heterocycles. The third kappa shape index (κ3) is 2.09. The molecule has 0 bridgehead atoms. The van der Waals surface area contributed by atoms with Gasteiger partial charge in [0.2, 0.25) is 0 Å². The molecule has 0 saturated carbocycles. The minimum absolute atomic E-state index is 0.0395. The summed E-state index contributed by atoms with van der Waals surface area (Å²) >= 11 is 3.13. The zero-order valence-electron chi connectivity index (χ0n) is 11.2. The minimum atomic E-state index is 0.0395. The molecule has 0 spiro atoms. The molecule has 0 fully saturated rings. The van der Waals surface area contributed by atoms with E-state index in [0.717, 1.165) is 21.3 Å². The molecule has 98 valence electrons. The Kier molecular flexibility index (Phi) is 2.77. The zero-order chi connectivity index (χ0) is 13.6. The van der Waals surface area contributed by atoms with Crippen LogP contribution in [0.3, 0.4) is 0 Å². The summed E-state index contributed by atoms with van der Waals surface area (Å²) in [5.41, 5.74) is 2.07. The number of aromatic amines is 1. The van der Waals surface area contributed by atoms with Crippen molar-refractivity contribution in [3.63, 3.8) is 0 Å². The third-order valence-electron chi connectivity index (χ3n) is 3.10. The SMILES string of the molecule is CC(C)(C)n1ccn(-c2nc3ccccc3[nH]2)c1=[Se]. The Bertz CT molecular complexity index is 752. The van der Waals surface area contributed by atoms with Crippen LogP contribution in [-0.4, -0.2) is 34.7 Å². The maximum atomic E-state index is 4.61. The van der Waals surface area contributed by atoms with Crippen molar-refractivity contribution in [2.45, 2.75) is 26.3 Å². The number of fused-ring (bicyclic) bond motifs is 1. The Morgan fingerprint density at radius 1 is 1.16 bits per heavy atom. The Hall–Kier alpha value is -1.58. The standard InChI is InChI=1S/C14H16N4Se/c1-14(2,3)18-9-8-17(13(18)19)12-15-10-6-4-5-7-11(10)16-12/h4-9H,1-3H3,(H,15,16). The summed E-state index contributed by atoms with van der Waals surface area (Å²) in [6.07, 6.45) is 4.09. The quantitative estimate of drug-likeness (QED) is 0.688. The number of hydrogen-bond acceptors (Lipinski definition) is 1. The van der Waals surface area contributed by atoms with Gasteiger partial charge in [0.25, 0.3) is 0 Å². The van der Waals surface area contributed by atoms with Gasteiger partial charge in [0.15, 0.2) is 0 Å². The summed E-state index contributed by atoms with van der Waals surface area (Å²) in [6.45, 7) is 6.53. The fourth-order valence-corrected chi connectivity index (χ4v) is 3.11. The number of rotatable bonds is 1. The van der Waals surface area contributed by atoms with Crippen LogP contribution in [0, 0.1) is 4.32 Å². The topological polar surface area (TPSA) is 38.5 Å². The van der Waals surface area contributed by atoms with Crippen molar-refractivity contribution in [3.05, 3.63) is 41.0 Å². The summed E-state index contributed by atoms with van der Waals surface area (Å²) in [5, 5.41) is 0. The van der Waals surface area contributed by atoms with E-state index in [1.165, 1.54) is 0 Å². The third-order valence-corrected chi connectivity index (χ3v) is 3.93. The van der Waals surface area contributed by atoms with Crippen LogP contribution < -0.4 is 0 Å². The molecule has 4 nitrogen and oxygen atoms in total. The van der Waals surface area contributed by atoms with Crippen molar-refractivity contribution in [2.24, 2.45) is 0 Å². The molecule has 2 aromatic heterocycles. The van der Waals surface area contributed by atoms with Gasteiger partial charge in [0.05, 0.1) is 0 Å². The van der Waals surface area contributed by atoms with E-state index < -0.39 is 0 Å². The Balaban J connectivity index is 2.17. The summed E-state index contributed by atoms with van der Waals surface area (Å²) in [6, 6.07) is 8.05. The molecule has 0 radical (unpaired) electrons. The van der Waals surface area contributed by atoms with Gasteiger partial charge in [-0.05, 0) is 0 Å². The first kappa shape index (κ1) is 12.5. The monoisotopic (exact) mass is 320 g/mol. The Morgan fingerprint density at radius 3 is 2.53 bits per heavy atom. The van der Waals surface area contributed by atoms with Crippen molar-refractivity contribution < 1.29 is 0 Å². The average molecular weight is 319 g/mol. The van der Waals surface area contributed by atoms with Crippen molar-refractivity contribution >= 4 is 26.6 Å². The van der Waals surface area contributed by atoms with Crippen LogP contribution in [0.4, 0.5) is 0 Å². The fourth-order valence-electron chi connectivity index (χ4n) is 2.10. The first-order chi connectivity index (χ1) is 8.97. The molecule has 1 N–H and O–H groups in total. The molecule has 0 amide bonds. The molecule has 0 atom stereocenters. The van der Waals surface area contributed by atoms with Gasteiger partial charge < -0.3 is 0 Å². The molecule has 5 heteroatoms. The summed E-state index contributed by atoms with van der Waals surface area (Å²) in [4.78, 5) is 7.95. The predicted molar refractivity (Wildman–Crippen MR) is 77.4 cm³/mol. The van der Waals surface area contributed by atoms with E-state index in [0.29, 0.717) is 0 Å². The predicted octanol–water partition coefficient (Wildman–Crippen LogP) is 2.61. The normalized spacial score (nSPS) is 12.2. The average Bonchev–Trinajstić information content (AvgIpc) is 2.90. The zero-order valence-corrected chi connectivity index (χ0v) is 12.9. The molecule has 3 aromatic rings. The molecular weight excluding hydrogens is 303 g/mol. The second kappa shape index (κ2) is 4.22. The van der Waals surface area contributed by atoms with E-state index in [1.54, 1.807) is 0 Å². The first-order valence-corrected chi connectivity index (χ1v) is 7.08. The summed E-state index contributed by atoms with van der Waals surface area (Å²) in [5.74, 6) is 0.831. The molecule has 1 aromatic carbocycles. The number of nitrogens with one attached hydrogen (secondary N) is 1. The molecular formula is C14H16N4Se. The van der Waals surface area contributed by atoms with Gasteiger partial charge in [-0.1, -0.05) is 0 Å². The molecule has 0 aliphatic carbocycles. The van der Waals surface area contributed by atoms with E-state index >= 15 is 0 Å². The van der Waals surface area contributed by atoms with Crippen molar-refractivity contribution in [2.75, 3.05) is 0 Å². The molecule has 2 heterocycles. The van der Waals surface area contributed by atoms with Crippen LogP contribution in [0.25, 0.3) is 17.0 Å². The fraction of sp³-hybridized carbons (Fsp3) is 0.286. The second-order valence-corrected chi connectivity index (χ2v) is 6.34. The van der Waals surface area contributed by atoms with Crippen LogP contribution in [0.2, 0.25) is 0 Å². The van der Waals surface area contributed by atoms with Gasteiger partial charge in [-0.25, -0.2) is 0 Å². The van der Waals surface area contributed by atoms with Gasteiger partial charge in [0.1, 0.15) is 0 Å². The van der Waals surface area contributed by atoms with Crippen molar-refractivity contribution in [3.8, 4) is 5.95 Å². The van der Waals surface area contributed by atoms with E-state index in [2.05, 4.69) is 57.1 Å². The van der Waals surface area contributed by atoms with Crippen LogP contribution in [-0.2, 0) is 5.54 Å². The number of hydrogen-bond donors (Lipinski definition) is 1. The van der Waals surface area contributed by atoms with E-state index in [4.69, 9.17) is 0 Å². The Morgan fingerprint density at radius 2 is 1.89 bits per heavy atom. The number of H-pyrrole nitrogens is 1. The van der Waals surface area contributed by atoms with Crippen LogP contribution in [0.5, 0.6) is 0 Å². The van der Waals surface area contributed by atoms with Crippen LogP contribution in [0.1, 0.15) is 20.8 Å². The van der Waals surface area contributed by atoms with Gasteiger partial charge >= 0.3 is 119 Å². The van der Waals surface area contributed by atoms with Gasteiger partial charge in [-0.15, -0.1) is 0 Å². The number of para-hydroxylation sites is 2. The van der Waals surface area contributed by atoms with Gasteiger partial charge in [-0.3, -0.25) is 0 Å². The molecule has 0 aliphatic heterocycles. The van der Waals surface area contributed by atoms with Gasteiger partial charge in [-0.2, -0.15) is 0 Å². The van der Waals surface area contributed by atoms with Crippen molar-refractivity contribution in [1.29, 1.82) is 0 Å². The Labute approximate surface area is 119 Å². The van der Waals surface area contributed by atoms with E-state index in [9.17, 15) is 0 Å². The number of nitrogens with zero attached hydrogens (tertiary/aromatic N) is 3. The van der Waals surface area contributed by atoms with Crippen LogP contribution >= 0.6 is 0 Å². The molecule has 0 unspecified atom stereocenters. The number of benzene rings is 1. The molecule has 19 heavy (non-hydrogen) atoms. The van der Waals surface area contributed by atoms with Crippen molar-refractivity contribution in [1.82, 2.24) is 19.1 Å². The molecule has 0 aliphatic rings. The summed E-state index contributed by atoms with van der Waals surface area (Å²) in [7, 11) is 0. The number of imidazole rings is 2. The maximum absolute atomic E-state index is 4.61. The van der Waals surface area contributed by atoms with Gasteiger partial charge in [0, 0.05) is 0 Å². The van der Waals surface area contributed by atoms with Crippen LogP contribution in [0.15, 0.2) is 36.7 Å². The van der Waals surface area contributed by atoms with E-state index in [-0.39, 0.29) is 5.54 Å². The first-order valence-electron chi connectivity index (χ1n) is 6.22. The second-order valence-electron chi connectivity index (χ2n) is 5.57. The van der Waals surface area contributed by atoms with E-state index in [1.807, 2.05) is 35.0 Å². The number of aromatic nitrogens is 4.